The molecule has 0 radical (unpaired) electrons. The zero-order valence-corrected chi connectivity index (χ0v) is 22.0. The third-order valence-electron chi connectivity index (χ3n) is 5.35. The van der Waals surface area contributed by atoms with Crippen molar-refractivity contribution in [2.45, 2.75) is 116 Å². The number of unbranched alkanes of at least 4 members (excludes halogenated alkanes) is 13. The number of hydrogen-bond donors (Lipinski definition) is 0. The molecule has 6 heteroatoms. The Hall–Kier alpha value is 0.400. The van der Waals surface area contributed by atoms with Crippen molar-refractivity contribution in [1.82, 2.24) is 4.57 Å². The highest BCUT2D eigenvalue weighted by Crippen LogP contribution is 2.61. The quantitative estimate of drug-likeness (QED) is 0.0978. The number of aryl methyl sites for hydroxylation is 2. The standard InChI is InChI=1S/C22H42Br2N2OP/c1-2-3-4-5-6-7-8-9-10-11-12-13-14-15-17-25-19-20-26(22-25)18-16-21-28(23,24)27/h19-20,22H,2-18,21H2,1H3/q+1. The van der Waals surface area contributed by atoms with E-state index in [1.165, 1.54) is 89.9 Å². The molecule has 0 spiro atoms. The van der Waals surface area contributed by atoms with Crippen molar-refractivity contribution in [2.24, 2.45) is 0 Å². The molecule has 0 saturated carbocycles. The van der Waals surface area contributed by atoms with Crippen LogP contribution >= 0.6 is 35.5 Å². The van der Waals surface area contributed by atoms with Gasteiger partial charge in [-0.1, -0.05) is 84.0 Å². The highest BCUT2D eigenvalue weighted by molar-refractivity contribution is 9.70. The fraction of sp³-hybridized carbons (Fsp3) is 0.864. The van der Waals surface area contributed by atoms with Gasteiger partial charge in [0.2, 0.25) is 10.9 Å². The Morgan fingerprint density at radius 2 is 1.29 bits per heavy atom. The zero-order chi connectivity index (χ0) is 20.5. The summed E-state index contributed by atoms with van der Waals surface area (Å²) >= 11 is 6.40. The van der Waals surface area contributed by atoms with Crippen LogP contribution in [-0.4, -0.2) is 10.7 Å². The van der Waals surface area contributed by atoms with Crippen LogP contribution in [0.3, 0.4) is 0 Å². The highest BCUT2D eigenvalue weighted by atomic mass is 79.9. The Balaban J connectivity index is 1.88. The van der Waals surface area contributed by atoms with Gasteiger partial charge in [0.1, 0.15) is 12.4 Å². The Bertz CT molecular complexity index is 530. The van der Waals surface area contributed by atoms with Crippen LogP contribution in [0, 0.1) is 0 Å². The molecular formula is C22H42Br2N2OP+. The lowest BCUT2D eigenvalue weighted by molar-refractivity contribution is -0.696. The summed E-state index contributed by atoms with van der Waals surface area (Å²) in [5.41, 5.74) is 0. The Morgan fingerprint density at radius 1 is 0.786 bits per heavy atom. The summed E-state index contributed by atoms with van der Waals surface area (Å²) in [6, 6.07) is 0. The highest BCUT2D eigenvalue weighted by Gasteiger charge is 2.12. The molecule has 0 atom stereocenters. The van der Waals surface area contributed by atoms with Crippen molar-refractivity contribution in [3.63, 3.8) is 0 Å². The topological polar surface area (TPSA) is 25.9 Å². The first-order valence-electron chi connectivity index (χ1n) is 11.5. The van der Waals surface area contributed by atoms with Gasteiger partial charge in [0, 0.05) is 6.16 Å². The van der Waals surface area contributed by atoms with Crippen LogP contribution in [0.1, 0.15) is 103 Å². The van der Waals surface area contributed by atoms with E-state index in [4.69, 9.17) is 0 Å². The monoisotopic (exact) mass is 539 g/mol. The predicted octanol–water partition coefficient (Wildman–Crippen LogP) is 8.63. The van der Waals surface area contributed by atoms with Gasteiger partial charge in [0.15, 0.2) is 0 Å². The molecule has 0 N–H and O–H groups in total. The van der Waals surface area contributed by atoms with Gasteiger partial charge in [0.05, 0.1) is 13.1 Å². The van der Waals surface area contributed by atoms with Gasteiger partial charge in [-0.2, -0.15) is 0 Å². The van der Waals surface area contributed by atoms with Gasteiger partial charge in [-0.15, -0.1) is 0 Å². The average Bonchev–Trinajstić information content (AvgIpc) is 3.08. The molecule has 0 bridgehead atoms. The Labute approximate surface area is 189 Å². The van der Waals surface area contributed by atoms with Crippen molar-refractivity contribution in [2.75, 3.05) is 6.16 Å². The van der Waals surface area contributed by atoms with Crippen molar-refractivity contribution in [1.29, 1.82) is 0 Å². The molecule has 1 rings (SSSR count). The summed E-state index contributed by atoms with van der Waals surface area (Å²) in [5.74, 6) is 0. The average molecular weight is 541 g/mol. The van der Waals surface area contributed by atoms with Gasteiger partial charge in [-0.25, -0.2) is 9.13 Å². The lowest BCUT2D eigenvalue weighted by Gasteiger charge is -2.03. The lowest BCUT2D eigenvalue weighted by atomic mass is 10.0. The smallest absolute Gasteiger partial charge is 0.243 e. The summed E-state index contributed by atoms with van der Waals surface area (Å²) in [6.07, 6.45) is 27.8. The van der Waals surface area contributed by atoms with Gasteiger partial charge < -0.3 is 0 Å². The van der Waals surface area contributed by atoms with E-state index < -0.39 is 4.55 Å². The summed E-state index contributed by atoms with van der Waals surface area (Å²) < 4.78 is 13.8. The maximum absolute atomic E-state index is 11.6. The Kier molecular flexibility index (Phi) is 16.2. The van der Waals surface area contributed by atoms with E-state index in [-0.39, 0.29) is 0 Å². The molecule has 0 aromatic carbocycles. The molecule has 1 heterocycles. The third kappa shape index (κ3) is 16.2. The molecule has 1 aromatic rings. The maximum Gasteiger partial charge on any atom is 0.243 e. The molecule has 28 heavy (non-hydrogen) atoms. The van der Waals surface area contributed by atoms with Gasteiger partial charge in [-0.3, -0.25) is 4.57 Å². The normalized spacial score (nSPS) is 12.0. The minimum Gasteiger partial charge on any atom is -0.299 e. The van der Waals surface area contributed by atoms with E-state index in [1.807, 2.05) is 0 Å². The number of imidazole rings is 1. The van der Waals surface area contributed by atoms with E-state index in [0.29, 0.717) is 6.16 Å². The molecule has 0 aliphatic heterocycles. The fourth-order valence-electron chi connectivity index (χ4n) is 3.63. The molecule has 0 aliphatic carbocycles. The summed E-state index contributed by atoms with van der Waals surface area (Å²) in [5, 5.41) is 0. The van der Waals surface area contributed by atoms with Crippen molar-refractivity contribution in [3.8, 4) is 0 Å². The van der Waals surface area contributed by atoms with E-state index >= 15 is 0 Å². The van der Waals surface area contributed by atoms with Gasteiger partial charge in [0.25, 0.3) is 0 Å². The molecule has 0 saturated heterocycles. The van der Waals surface area contributed by atoms with Crippen LogP contribution in [0.4, 0.5) is 0 Å². The SMILES string of the molecule is CCCCCCCCCCCCCCCCn1cc[n+](CCCP(=O)(Br)Br)c1. The summed E-state index contributed by atoms with van der Waals surface area (Å²) in [4.78, 5) is 0. The molecule has 0 unspecified atom stereocenters. The first kappa shape index (κ1) is 26.4. The van der Waals surface area contributed by atoms with Crippen LogP contribution in [0.15, 0.2) is 18.7 Å². The first-order valence-corrected chi connectivity index (χ1v) is 17.5. The molecule has 1 aromatic heterocycles. The summed E-state index contributed by atoms with van der Waals surface area (Å²) in [6.45, 7) is 4.32. The van der Waals surface area contributed by atoms with E-state index in [1.54, 1.807) is 0 Å². The molecule has 3 nitrogen and oxygen atoms in total. The first-order chi connectivity index (χ1) is 13.5. The van der Waals surface area contributed by atoms with Crippen LogP contribution in [0.25, 0.3) is 0 Å². The lowest BCUT2D eigenvalue weighted by Crippen LogP contribution is -2.31. The number of hydrogen-bond acceptors (Lipinski definition) is 1. The zero-order valence-electron chi connectivity index (χ0n) is 18.0. The second-order valence-corrected chi connectivity index (χ2v) is 19.4. The van der Waals surface area contributed by atoms with E-state index in [2.05, 4.69) is 65.8 Å². The fourth-order valence-corrected chi connectivity index (χ4v) is 5.64. The largest absolute Gasteiger partial charge is 0.299 e. The maximum atomic E-state index is 11.6. The molecule has 0 fully saturated rings. The molecule has 164 valence electrons. The van der Waals surface area contributed by atoms with Gasteiger partial charge >= 0.3 is 0 Å². The minimum atomic E-state index is -2.24. The van der Waals surface area contributed by atoms with Crippen molar-refractivity contribution >= 4 is 35.5 Å². The van der Waals surface area contributed by atoms with E-state index in [0.717, 1.165) is 19.5 Å². The van der Waals surface area contributed by atoms with Crippen LogP contribution < -0.4 is 4.57 Å². The van der Waals surface area contributed by atoms with Crippen LogP contribution in [-0.2, 0) is 17.7 Å². The number of halogens is 2. The molecule has 0 aliphatic rings. The van der Waals surface area contributed by atoms with Crippen LogP contribution in [0.2, 0.25) is 0 Å². The second-order valence-electron chi connectivity index (χ2n) is 8.13. The minimum absolute atomic E-state index is 0.685. The second kappa shape index (κ2) is 17.1. The van der Waals surface area contributed by atoms with E-state index in [9.17, 15) is 4.57 Å². The Morgan fingerprint density at radius 3 is 1.79 bits per heavy atom. The predicted molar refractivity (Wildman–Crippen MR) is 130 cm³/mol. The van der Waals surface area contributed by atoms with Crippen molar-refractivity contribution in [3.05, 3.63) is 18.7 Å². The molecular weight excluding hydrogens is 499 g/mol. The number of rotatable bonds is 19. The third-order valence-corrected chi connectivity index (χ3v) is 8.32. The van der Waals surface area contributed by atoms with Crippen LogP contribution in [0.5, 0.6) is 0 Å². The molecule has 0 amide bonds. The van der Waals surface area contributed by atoms with Crippen molar-refractivity contribution < 1.29 is 9.13 Å². The van der Waals surface area contributed by atoms with Gasteiger partial charge in [-0.05, 0) is 50.2 Å². The number of nitrogens with zero attached hydrogens (tertiary/aromatic N) is 2. The summed E-state index contributed by atoms with van der Waals surface area (Å²) in [7, 11) is 0. The number of aromatic nitrogens is 2.